The Bertz CT molecular complexity index is 456. The van der Waals surface area contributed by atoms with Crippen molar-refractivity contribution in [2.75, 3.05) is 12.4 Å². The average Bonchev–Trinajstić information content (AvgIpc) is 2.85. The maximum Gasteiger partial charge on any atom is 0.246 e. The van der Waals surface area contributed by atoms with Crippen molar-refractivity contribution in [3.05, 3.63) is 42.0 Å². The summed E-state index contributed by atoms with van der Waals surface area (Å²) in [6.07, 6.45) is -0.149. The van der Waals surface area contributed by atoms with Crippen LogP contribution in [0, 0.1) is 0 Å². The number of hydrogen-bond acceptors (Lipinski definition) is 5. The molecule has 5 heteroatoms. The molecule has 0 saturated carbocycles. The fourth-order valence-electron chi connectivity index (χ4n) is 1.34. The molecule has 1 aromatic heterocycles. The van der Waals surface area contributed by atoms with Gasteiger partial charge in [0.15, 0.2) is 5.82 Å². The molecule has 0 saturated heterocycles. The lowest BCUT2D eigenvalue weighted by molar-refractivity contribution is 0.109. The maximum atomic E-state index is 5.11. The lowest BCUT2D eigenvalue weighted by atomic mass is 10.3. The summed E-state index contributed by atoms with van der Waals surface area (Å²) in [4.78, 5) is 4.23. The van der Waals surface area contributed by atoms with Gasteiger partial charge in [-0.05, 0) is 19.1 Å². The molecular formula is C12H15N3O2. The number of anilines is 1. The summed E-state index contributed by atoms with van der Waals surface area (Å²) in [7, 11) is 1.61. The number of nitrogens with zero attached hydrogens (tertiary/aromatic N) is 2. The Morgan fingerprint density at radius 3 is 2.82 bits per heavy atom. The Labute approximate surface area is 99.8 Å². The van der Waals surface area contributed by atoms with Crippen LogP contribution in [0.15, 0.2) is 34.9 Å². The van der Waals surface area contributed by atoms with E-state index in [1.807, 2.05) is 37.3 Å². The Kier molecular flexibility index (Phi) is 3.72. The molecule has 2 aromatic rings. The molecule has 1 atom stereocenters. The van der Waals surface area contributed by atoms with Gasteiger partial charge in [0.25, 0.3) is 0 Å². The first-order valence-electron chi connectivity index (χ1n) is 5.44. The van der Waals surface area contributed by atoms with Crippen molar-refractivity contribution in [1.29, 1.82) is 0 Å². The van der Waals surface area contributed by atoms with E-state index >= 15 is 0 Å². The Hall–Kier alpha value is -1.88. The van der Waals surface area contributed by atoms with E-state index in [2.05, 4.69) is 15.5 Å². The van der Waals surface area contributed by atoms with Gasteiger partial charge in [-0.2, -0.15) is 4.98 Å². The predicted molar refractivity (Wildman–Crippen MR) is 63.5 cm³/mol. The number of aromatic nitrogens is 2. The van der Waals surface area contributed by atoms with E-state index in [0.29, 0.717) is 18.3 Å². The number of para-hydroxylation sites is 1. The van der Waals surface area contributed by atoms with E-state index in [1.165, 1.54) is 0 Å². The van der Waals surface area contributed by atoms with Crippen LogP contribution in [0.25, 0.3) is 0 Å². The minimum Gasteiger partial charge on any atom is -0.376 e. The quantitative estimate of drug-likeness (QED) is 0.859. The van der Waals surface area contributed by atoms with Crippen LogP contribution in [0.1, 0.15) is 24.7 Å². The smallest absolute Gasteiger partial charge is 0.246 e. The van der Waals surface area contributed by atoms with Crippen molar-refractivity contribution in [3.8, 4) is 0 Å². The highest BCUT2D eigenvalue weighted by Crippen LogP contribution is 2.12. The van der Waals surface area contributed by atoms with Crippen LogP contribution >= 0.6 is 0 Å². The molecule has 0 spiro atoms. The summed E-state index contributed by atoms with van der Waals surface area (Å²) in [5.41, 5.74) is 1.02. The van der Waals surface area contributed by atoms with Gasteiger partial charge in [-0.3, -0.25) is 0 Å². The molecule has 0 aliphatic heterocycles. The van der Waals surface area contributed by atoms with Gasteiger partial charge in [0.1, 0.15) is 6.10 Å². The summed E-state index contributed by atoms with van der Waals surface area (Å²) in [5.74, 6) is 1.12. The van der Waals surface area contributed by atoms with Gasteiger partial charge in [0.2, 0.25) is 5.89 Å². The van der Waals surface area contributed by atoms with Crippen molar-refractivity contribution in [2.24, 2.45) is 0 Å². The van der Waals surface area contributed by atoms with Crippen molar-refractivity contribution in [2.45, 2.75) is 19.6 Å². The molecular weight excluding hydrogens is 218 g/mol. The molecule has 0 aliphatic carbocycles. The zero-order valence-corrected chi connectivity index (χ0v) is 9.88. The maximum absolute atomic E-state index is 5.11. The van der Waals surface area contributed by atoms with Gasteiger partial charge < -0.3 is 14.6 Å². The van der Waals surface area contributed by atoms with Crippen LogP contribution in [-0.2, 0) is 11.3 Å². The summed E-state index contributed by atoms with van der Waals surface area (Å²) >= 11 is 0. The average molecular weight is 233 g/mol. The van der Waals surface area contributed by atoms with Crippen molar-refractivity contribution in [3.63, 3.8) is 0 Å². The third-order valence-electron chi connectivity index (χ3n) is 2.42. The zero-order valence-electron chi connectivity index (χ0n) is 9.88. The van der Waals surface area contributed by atoms with Crippen molar-refractivity contribution >= 4 is 5.69 Å². The monoisotopic (exact) mass is 233 g/mol. The summed E-state index contributed by atoms with van der Waals surface area (Å²) in [6.45, 7) is 2.38. The number of nitrogens with one attached hydrogen (secondary N) is 1. The molecule has 0 bridgehead atoms. The van der Waals surface area contributed by atoms with Crippen LogP contribution in [0.2, 0.25) is 0 Å². The molecule has 17 heavy (non-hydrogen) atoms. The van der Waals surface area contributed by atoms with Crippen LogP contribution in [-0.4, -0.2) is 17.3 Å². The van der Waals surface area contributed by atoms with E-state index in [4.69, 9.17) is 9.26 Å². The lowest BCUT2D eigenvalue weighted by Crippen LogP contribution is -2.01. The van der Waals surface area contributed by atoms with E-state index in [1.54, 1.807) is 7.11 Å². The molecule has 5 nitrogen and oxygen atoms in total. The first kappa shape index (κ1) is 11.6. The van der Waals surface area contributed by atoms with Gasteiger partial charge >= 0.3 is 0 Å². The van der Waals surface area contributed by atoms with Gasteiger partial charge in [0.05, 0.1) is 6.54 Å². The van der Waals surface area contributed by atoms with Gasteiger partial charge in [-0.25, -0.2) is 0 Å². The Morgan fingerprint density at radius 1 is 1.35 bits per heavy atom. The second-order valence-electron chi connectivity index (χ2n) is 3.64. The van der Waals surface area contributed by atoms with Gasteiger partial charge in [-0.1, -0.05) is 23.4 Å². The minimum absolute atomic E-state index is 0.149. The minimum atomic E-state index is -0.149. The molecule has 1 N–H and O–H groups in total. The SMILES string of the molecule is COC(C)c1noc(CNc2ccccc2)n1. The van der Waals surface area contributed by atoms with Crippen molar-refractivity contribution < 1.29 is 9.26 Å². The molecule has 0 fully saturated rings. The lowest BCUT2D eigenvalue weighted by Gasteiger charge is -2.02. The highest BCUT2D eigenvalue weighted by atomic mass is 16.5. The predicted octanol–water partition coefficient (Wildman–Crippen LogP) is 2.39. The molecule has 1 aromatic carbocycles. The van der Waals surface area contributed by atoms with Gasteiger partial charge in [0, 0.05) is 12.8 Å². The summed E-state index contributed by atoms with van der Waals surface area (Å²) in [6, 6.07) is 9.86. The molecule has 1 heterocycles. The third kappa shape index (κ3) is 3.04. The topological polar surface area (TPSA) is 60.2 Å². The number of methoxy groups -OCH3 is 1. The van der Waals surface area contributed by atoms with E-state index in [-0.39, 0.29) is 6.10 Å². The number of benzene rings is 1. The first-order valence-corrected chi connectivity index (χ1v) is 5.44. The molecule has 0 radical (unpaired) electrons. The van der Waals surface area contributed by atoms with E-state index in [9.17, 15) is 0 Å². The fourth-order valence-corrected chi connectivity index (χ4v) is 1.34. The second-order valence-corrected chi connectivity index (χ2v) is 3.64. The van der Waals surface area contributed by atoms with Crippen LogP contribution in [0.4, 0.5) is 5.69 Å². The first-order chi connectivity index (χ1) is 8.29. The molecule has 1 unspecified atom stereocenters. The Morgan fingerprint density at radius 2 is 2.12 bits per heavy atom. The zero-order chi connectivity index (χ0) is 12.1. The normalized spacial score (nSPS) is 12.4. The third-order valence-corrected chi connectivity index (χ3v) is 2.42. The molecule has 0 aliphatic rings. The van der Waals surface area contributed by atoms with Crippen LogP contribution in [0.5, 0.6) is 0 Å². The van der Waals surface area contributed by atoms with Crippen molar-refractivity contribution in [1.82, 2.24) is 10.1 Å². The Balaban J connectivity index is 1.94. The second kappa shape index (κ2) is 5.45. The largest absolute Gasteiger partial charge is 0.376 e. The molecule has 2 rings (SSSR count). The van der Waals surface area contributed by atoms with Crippen LogP contribution < -0.4 is 5.32 Å². The standard InChI is InChI=1S/C12H15N3O2/c1-9(16-2)12-14-11(17-15-12)8-13-10-6-4-3-5-7-10/h3-7,9,13H,8H2,1-2H3. The summed E-state index contributed by atoms with van der Waals surface area (Å²) < 4.78 is 10.2. The molecule has 0 amide bonds. The summed E-state index contributed by atoms with van der Waals surface area (Å²) in [5, 5.41) is 7.04. The molecule has 90 valence electrons. The number of rotatable bonds is 5. The highest BCUT2D eigenvalue weighted by molar-refractivity contribution is 5.42. The van der Waals surface area contributed by atoms with Crippen LogP contribution in [0.3, 0.4) is 0 Å². The number of hydrogen-bond donors (Lipinski definition) is 1. The highest BCUT2D eigenvalue weighted by Gasteiger charge is 2.12. The number of ether oxygens (including phenoxy) is 1. The van der Waals surface area contributed by atoms with E-state index in [0.717, 1.165) is 5.69 Å². The van der Waals surface area contributed by atoms with E-state index < -0.39 is 0 Å². The fraction of sp³-hybridized carbons (Fsp3) is 0.333. The van der Waals surface area contributed by atoms with Gasteiger partial charge in [-0.15, -0.1) is 0 Å².